The molecule has 1 aromatic carbocycles. The summed E-state index contributed by atoms with van der Waals surface area (Å²) in [5.74, 6) is -0.904. The summed E-state index contributed by atoms with van der Waals surface area (Å²) in [6.07, 6.45) is 0.134. The lowest BCUT2D eigenvalue weighted by Gasteiger charge is -2.03. The Labute approximate surface area is 106 Å². The number of nitrogens with one attached hydrogen (secondary N) is 1. The summed E-state index contributed by atoms with van der Waals surface area (Å²) in [7, 11) is 0. The van der Waals surface area contributed by atoms with Crippen LogP contribution in [0.25, 0.3) is 0 Å². The van der Waals surface area contributed by atoms with Gasteiger partial charge in [0, 0.05) is 18.6 Å². The zero-order valence-electron chi connectivity index (χ0n) is 9.21. The third kappa shape index (κ3) is 3.13. The molecular weight excluding hydrogens is 262 g/mol. The molecule has 0 radical (unpaired) electrons. The fourth-order valence-electron chi connectivity index (χ4n) is 1.62. The number of H-pyrrole nitrogens is 1. The number of halogens is 3. The monoisotopic (exact) mass is 270 g/mol. The van der Waals surface area contributed by atoms with Crippen LogP contribution in [0.1, 0.15) is 17.1 Å². The highest BCUT2D eigenvalue weighted by molar-refractivity contribution is 6.16. The van der Waals surface area contributed by atoms with E-state index in [1.165, 1.54) is 18.2 Å². The molecule has 2 rings (SSSR count). The van der Waals surface area contributed by atoms with Crippen LogP contribution in [0.5, 0.6) is 0 Å². The molecule has 0 atom stereocenters. The molecule has 0 saturated heterocycles. The minimum absolute atomic E-state index is 0.106. The fourth-order valence-corrected chi connectivity index (χ4v) is 1.76. The summed E-state index contributed by atoms with van der Waals surface area (Å²) in [5, 5.41) is 0. The van der Waals surface area contributed by atoms with Gasteiger partial charge in [-0.15, -0.1) is 11.6 Å². The predicted molar refractivity (Wildman–Crippen MR) is 63.6 cm³/mol. The Kier molecular flexibility index (Phi) is 3.72. The van der Waals surface area contributed by atoms with Crippen molar-refractivity contribution in [2.45, 2.75) is 12.3 Å². The zero-order valence-corrected chi connectivity index (χ0v) is 9.97. The Morgan fingerprint density at radius 2 is 1.83 bits per heavy atom. The van der Waals surface area contributed by atoms with Crippen molar-refractivity contribution in [1.82, 2.24) is 9.97 Å². The Morgan fingerprint density at radius 1 is 1.17 bits per heavy atom. The maximum atomic E-state index is 13.0. The van der Waals surface area contributed by atoms with Gasteiger partial charge in [0.25, 0.3) is 5.56 Å². The summed E-state index contributed by atoms with van der Waals surface area (Å²) in [5.41, 5.74) is 0.474. The summed E-state index contributed by atoms with van der Waals surface area (Å²) >= 11 is 5.59. The normalized spacial score (nSPS) is 10.6. The largest absolute Gasteiger partial charge is 0.310 e. The highest BCUT2D eigenvalue weighted by Gasteiger charge is 2.05. The highest BCUT2D eigenvalue weighted by atomic mass is 35.5. The molecule has 2 aromatic rings. The average Bonchev–Trinajstić information content (AvgIpc) is 2.26. The van der Waals surface area contributed by atoms with Crippen molar-refractivity contribution in [3.63, 3.8) is 0 Å². The van der Waals surface area contributed by atoms with Crippen molar-refractivity contribution in [2.24, 2.45) is 0 Å². The first-order valence-corrected chi connectivity index (χ1v) is 5.70. The van der Waals surface area contributed by atoms with E-state index in [0.717, 1.165) is 6.07 Å². The van der Waals surface area contributed by atoms with Crippen LogP contribution in [-0.4, -0.2) is 9.97 Å². The molecule has 1 heterocycles. The Morgan fingerprint density at radius 3 is 2.44 bits per heavy atom. The van der Waals surface area contributed by atoms with Crippen LogP contribution >= 0.6 is 11.6 Å². The number of rotatable bonds is 3. The minimum atomic E-state index is -0.666. The third-order valence-corrected chi connectivity index (χ3v) is 2.55. The summed E-state index contributed by atoms with van der Waals surface area (Å²) in [6, 6.07) is 4.45. The van der Waals surface area contributed by atoms with Crippen LogP contribution in [0, 0.1) is 11.6 Å². The topological polar surface area (TPSA) is 45.8 Å². The summed E-state index contributed by atoms with van der Waals surface area (Å²) in [4.78, 5) is 17.9. The Hall–Kier alpha value is -1.75. The van der Waals surface area contributed by atoms with Crippen molar-refractivity contribution in [3.05, 3.63) is 63.3 Å². The molecule has 0 spiro atoms. The molecule has 94 valence electrons. The third-order valence-electron chi connectivity index (χ3n) is 2.27. The molecule has 0 aliphatic heterocycles. The quantitative estimate of drug-likeness (QED) is 0.871. The van der Waals surface area contributed by atoms with Crippen molar-refractivity contribution in [3.8, 4) is 0 Å². The highest BCUT2D eigenvalue weighted by Crippen LogP contribution is 2.11. The first-order valence-electron chi connectivity index (χ1n) is 5.17. The van der Waals surface area contributed by atoms with Gasteiger partial charge in [0.05, 0.1) is 11.6 Å². The Bertz CT molecular complexity index is 607. The number of alkyl halides is 1. The number of aromatic nitrogens is 2. The molecule has 1 aromatic heterocycles. The fraction of sp³-hybridized carbons (Fsp3) is 0.167. The number of hydrogen-bond donors (Lipinski definition) is 1. The maximum absolute atomic E-state index is 13.0. The van der Waals surface area contributed by atoms with Crippen LogP contribution in [0.4, 0.5) is 8.78 Å². The molecule has 0 amide bonds. The average molecular weight is 271 g/mol. The van der Waals surface area contributed by atoms with Gasteiger partial charge in [0.1, 0.15) is 17.5 Å². The molecule has 18 heavy (non-hydrogen) atoms. The maximum Gasteiger partial charge on any atom is 0.251 e. The first-order chi connectivity index (χ1) is 8.56. The smallest absolute Gasteiger partial charge is 0.251 e. The molecule has 0 fully saturated rings. The zero-order chi connectivity index (χ0) is 13.1. The van der Waals surface area contributed by atoms with Crippen LogP contribution in [0.3, 0.4) is 0 Å². The van der Waals surface area contributed by atoms with Gasteiger partial charge < -0.3 is 4.98 Å². The second kappa shape index (κ2) is 5.27. The lowest BCUT2D eigenvalue weighted by molar-refractivity contribution is 0.580. The molecule has 1 N–H and O–H groups in total. The molecule has 0 aliphatic carbocycles. The van der Waals surface area contributed by atoms with Gasteiger partial charge in [-0.3, -0.25) is 4.79 Å². The van der Waals surface area contributed by atoms with E-state index in [9.17, 15) is 13.6 Å². The Balaban J connectivity index is 2.33. The van der Waals surface area contributed by atoms with Gasteiger partial charge >= 0.3 is 0 Å². The van der Waals surface area contributed by atoms with Gasteiger partial charge in [-0.1, -0.05) is 0 Å². The van der Waals surface area contributed by atoms with Gasteiger partial charge in [0.2, 0.25) is 0 Å². The molecule has 3 nitrogen and oxygen atoms in total. The SMILES string of the molecule is O=c1cc(CCl)nc(Cc2cc(F)cc(F)c2)[nH]1. The van der Waals surface area contributed by atoms with Gasteiger partial charge in [-0.05, 0) is 17.7 Å². The lowest BCUT2D eigenvalue weighted by atomic mass is 10.1. The summed E-state index contributed by atoms with van der Waals surface area (Å²) < 4.78 is 26.0. The van der Waals surface area contributed by atoms with E-state index in [1.807, 2.05) is 0 Å². The van der Waals surface area contributed by atoms with Gasteiger partial charge in [-0.25, -0.2) is 13.8 Å². The van der Waals surface area contributed by atoms with Crippen molar-refractivity contribution in [2.75, 3.05) is 0 Å². The van der Waals surface area contributed by atoms with E-state index >= 15 is 0 Å². The predicted octanol–water partition coefficient (Wildman–Crippen LogP) is 2.38. The van der Waals surface area contributed by atoms with Crippen molar-refractivity contribution < 1.29 is 8.78 Å². The van der Waals surface area contributed by atoms with Crippen molar-refractivity contribution in [1.29, 1.82) is 0 Å². The van der Waals surface area contributed by atoms with Crippen LogP contribution < -0.4 is 5.56 Å². The molecule has 0 aliphatic rings. The van der Waals surface area contributed by atoms with E-state index in [2.05, 4.69) is 9.97 Å². The lowest BCUT2D eigenvalue weighted by Crippen LogP contribution is -2.12. The van der Waals surface area contributed by atoms with Gasteiger partial charge in [0.15, 0.2) is 0 Å². The first kappa shape index (κ1) is 12.7. The molecule has 0 saturated carbocycles. The second-order valence-electron chi connectivity index (χ2n) is 3.77. The van der Waals surface area contributed by atoms with E-state index < -0.39 is 11.6 Å². The molecule has 0 unspecified atom stereocenters. The minimum Gasteiger partial charge on any atom is -0.310 e. The number of benzene rings is 1. The number of hydrogen-bond acceptors (Lipinski definition) is 2. The summed E-state index contributed by atoms with van der Waals surface area (Å²) in [6.45, 7) is 0. The molecule has 6 heteroatoms. The second-order valence-corrected chi connectivity index (χ2v) is 4.04. The van der Waals surface area contributed by atoms with Gasteiger partial charge in [-0.2, -0.15) is 0 Å². The standard InChI is InChI=1S/C12H9ClF2N2O/c13-6-10-5-12(18)17-11(16-10)3-7-1-8(14)4-9(15)2-7/h1-2,4-5H,3,6H2,(H,16,17,18). The van der Waals surface area contributed by atoms with Crippen LogP contribution in [-0.2, 0) is 12.3 Å². The molecular formula is C12H9ClF2N2O. The number of aromatic amines is 1. The van der Waals surface area contributed by atoms with Crippen molar-refractivity contribution >= 4 is 11.6 Å². The van der Waals surface area contributed by atoms with E-state index in [1.54, 1.807) is 0 Å². The number of nitrogens with zero attached hydrogens (tertiary/aromatic N) is 1. The van der Waals surface area contributed by atoms with Crippen LogP contribution in [0.2, 0.25) is 0 Å². The molecule has 0 bridgehead atoms. The van der Waals surface area contributed by atoms with E-state index in [0.29, 0.717) is 17.1 Å². The van der Waals surface area contributed by atoms with E-state index in [4.69, 9.17) is 11.6 Å². The van der Waals surface area contributed by atoms with E-state index in [-0.39, 0.29) is 17.9 Å². The van der Waals surface area contributed by atoms with Crippen LogP contribution in [0.15, 0.2) is 29.1 Å².